The fraction of sp³-hybridized carbons (Fsp3) is 0.273. The first-order valence-corrected chi connectivity index (χ1v) is 6.48. The summed E-state index contributed by atoms with van der Waals surface area (Å²) in [4.78, 5) is 22.8. The molecule has 0 saturated heterocycles. The number of halogens is 1. The molecule has 0 heterocycles. The number of primary amides is 1. The lowest BCUT2D eigenvalue weighted by Gasteiger charge is -2.08. The summed E-state index contributed by atoms with van der Waals surface area (Å²) in [6.07, 6.45) is -1.35. The van der Waals surface area contributed by atoms with Gasteiger partial charge >= 0.3 is 0 Å². The van der Waals surface area contributed by atoms with E-state index >= 15 is 0 Å². The maximum atomic E-state index is 11.4. The van der Waals surface area contributed by atoms with Crippen LogP contribution in [0.1, 0.15) is 0 Å². The zero-order chi connectivity index (χ0) is 13.5. The van der Waals surface area contributed by atoms with Crippen molar-refractivity contribution in [1.82, 2.24) is 5.32 Å². The normalized spacial score (nSPS) is 11.9. The summed E-state index contributed by atoms with van der Waals surface area (Å²) in [6.45, 7) is -0.171. The van der Waals surface area contributed by atoms with Crippen LogP contribution in [-0.2, 0) is 9.59 Å². The molecule has 1 aromatic carbocycles. The zero-order valence-electron chi connectivity index (χ0n) is 9.43. The quantitative estimate of drug-likeness (QED) is 0.661. The van der Waals surface area contributed by atoms with E-state index < -0.39 is 12.0 Å². The number of nitrogens with one attached hydrogen (secondary N) is 1. The number of aliphatic hydroxyl groups excluding tert-OH is 1. The first-order valence-electron chi connectivity index (χ1n) is 5.11. The maximum absolute atomic E-state index is 11.4. The molecule has 0 spiro atoms. The highest BCUT2D eigenvalue weighted by Gasteiger charge is 2.12. The molecule has 7 heteroatoms. The van der Waals surface area contributed by atoms with E-state index in [1.807, 2.05) is 0 Å². The average Bonchev–Trinajstić information content (AvgIpc) is 2.35. The minimum absolute atomic E-state index is 0.171. The lowest BCUT2D eigenvalue weighted by atomic mass is 10.3. The SMILES string of the molecule is NC(=O)C(O)CNC(=O)CSc1ccc(Cl)cc1. The molecule has 18 heavy (non-hydrogen) atoms. The lowest BCUT2D eigenvalue weighted by molar-refractivity contribution is -0.126. The summed E-state index contributed by atoms with van der Waals surface area (Å²) in [5.41, 5.74) is 4.84. The van der Waals surface area contributed by atoms with Crippen LogP contribution in [0.4, 0.5) is 0 Å². The van der Waals surface area contributed by atoms with Crippen molar-refractivity contribution in [2.75, 3.05) is 12.3 Å². The van der Waals surface area contributed by atoms with Crippen molar-refractivity contribution in [2.24, 2.45) is 5.73 Å². The van der Waals surface area contributed by atoms with Gasteiger partial charge in [0.1, 0.15) is 6.10 Å². The van der Waals surface area contributed by atoms with Crippen LogP contribution in [0.2, 0.25) is 5.02 Å². The van der Waals surface area contributed by atoms with Crippen LogP contribution in [0.5, 0.6) is 0 Å². The van der Waals surface area contributed by atoms with Crippen molar-refractivity contribution in [3.05, 3.63) is 29.3 Å². The zero-order valence-corrected chi connectivity index (χ0v) is 11.0. The first-order chi connectivity index (χ1) is 8.49. The first kappa shape index (κ1) is 14.8. The number of hydrogen-bond donors (Lipinski definition) is 3. The van der Waals surface area contributed by atoms with E-state index in [0.29, 0.717) is 5.02 Å². The molecule has 1 unspecified atom stereocenters. The van der Waals surface area contributed by atoms with Crippen molar-refractivity contribution in [3.63, 3.8) is 0 Å². The summed E-state index contributed by atoms with van der Waals surface area (Å²) in [5.74, 6) is -0.955. The molecule has 5 nitrogen and oxygen atoms in total. The number of benzene rings is 1. The van der Waals surface area contributed by atoms with Crippen molar-refractivity contribution in [3.8, 4) is 0 Å². The molecular weight excluding hydrogens is 276 g/mol. The highest BCUT2D eigenvalue weighted by Crippen LogP contribution is 2.19. The second kappa shape index (κ2) is 7.25. The second-order valence-corrected chi connectivity index (χ2v) is 4.95. The molecule has 0 aliphatic heterocycles. The summed E-state index contributed by atoms with van der Waals surface area (Å²) in [5, 5.41) is 12.1. The fourth-order valence-corrected chi connectivity index (χ4v) is 1.90. The Morgan fingerprint density at radius 3 is 2.56 bits per heavy atom. The summed E-state index contributed by atoms with van der Waals surface area (Å²) < 4.78 is 0. The van der Waals surface area contributed by atoms with E-state index in [0.717, 1.165) is 4.90 Å². The minimum Gasteiger partial charge on any atom is -0.381 e. The number of rotatable bonds is 6. The summed E-state index contributed by atoms with van der Waals surface area (Å²) >= 11 is 7.06. The van der Waals surface area contributed by atoms with Gasteiger partial charge in [-0.1, -0.05) is 11.6 Å². The van der Waals surface area contributed by atoms with E-state index in [1.54, 1.807) is 24.3 Å². The van der Waals surface area contributed by atoms with Gasteiger partial charge in [-0.05, 0) is 24.3 Å². The van der Waals surface area contributed by atoms with Crippen LogP contribution in [0.15, 0.2) is 29.2 Å². The van der Waals surface area contributed by atoms with Gasteiger partial charge < -0.3 is 16.2 Å². The van der Waals surface area contributed by atoms with Crippen molar-refractivity contribution in [1.29, 1.82) is 0 Å². The third kappa shape index (κ3) is 5.39. The van der Waals surface area contributed by atoms with Gasteiger partial charge in [0, 0.05) is 9.92 Å². The molecule has 0 aliphatic rings. The average molecular weight is 289 g/mol. The van der Waals surface area contributed by atoms with Gasteiger partial charge in [-0.2, -0.15) is 0 Å². The molecule has 4 N–H and O–H groups in total. The maximum Gasteiger partial charge on any atom is 0.248 e. The predicted octanol–water partition coefficient (Wildman–Crippen LogP) is 0.394. The molecule has 0 saturated carbocycles. The monoisotopic (exact) mass is 288 g/mol. The van der Waals surface area contributed by atoms with Gasteiger partial charge in [0.15, 0.2) is 0 Å². The van der Waals surface area contributed by atoms with Crippen molar-refractivity contribution < 1.29 is 14.7 Å². The minimum atomic E-state index is -1.35. The number of amides is 2. The van der Waals surface area contributed by atoms with Crippen LogP contribution < -0.4 is 11.1 Å². The van der Waals surface area contributed by atoms with E-state index in [1.165, 1.54) is 11.8 Å². The van der Waals surface area contributed by atoms with Crippen LogP contribution in [0.3, 0.4) is 0 Å². The van der Waals surface area contributed by atoms with Crippen molar-refractivity contribution in [2.45, 2.75) is 11.0 Å². The molecule has 1 aromatic rings. The highest BCUT2D eigenvalue weighted by molar-refractivity contribution is 8.00. The van der Waals surface area contributed by atoms with Gasteiger partial charge in [0.25, 0.3) is 0 Å². The Balaban J connectivity index is 2.29. The Hall–Kier alpha value is -1.24. The van der Waals surface area contributed by atoms with Gasteiger partial charge in [-0.25, -0.2) is 0 Å². The topological polar surface area (TPSA) is 92.4 Å². The molecule has 0 radical (unpaired) electrons. The number of carbonyl (C=O) groups is 2. The molecule has 2 amide bonds. The third-order valence-electron chi connectivity index (χ3n) is 2.00. The smallest absolute Gasteiger partial charge is 0.248 e. The highest BCUT2D eigenvalue weighted by atomic mass is 35.5. The standard InChI is InChI=1S/C11H13ClN2O3S/c12-7-1-3-8(4-2-7)18-6-10(16)14-5-9(15)11(13)17/h1-4,9,15H,5-6H2,(H2,13,17)(H,14,16). The van der Waals surface area contributed by atoms with Crippen LogP contribution in [0.25, 0.3) is 0 Å². The number of nitrogens with two attached hydrogens (primary N) is 1. The lowest BCUT2D eigenvalue weighted by Crippen LogP contribution is -2.40. The third-order valence-corrected chi connectivity index (χ3v) is 3.27. The van der Waals surface area contributed by atoms with Gasteiger partial charge in [0.2, 0.25) is 11.8 Å². The molecule has 0 aliphatic carbocycles. The largest absolute Gasteiger partial charge is 0.381 e. The number of aliphatic hydroxyl groups is 1. The molecule has 0 fully saturated rings. The van der Waals surface area contributed by atoms with E-state index in [4.69, 9.17) is 22.4 Å². The van der Waals surface area contributed by atoms with E-state index in [9.17, 15) is 9.59 Å². The second-order valence-electron chi connectivity index (χ2n) is 3.46. The molecule has 1 rings (SSSR count). The van der Waals surface area contributed by atoms with E-state index in [-0.39, 0.29) is 18.2 Å². The Morgan fingerprint density at radius 1 is 1.39 bits per heavy atom. The van der Waals surface area contributed by atoms with Gasteiger partial charge in [0.05, 0.1) is 12.3 Å². The number of carbonyl (C=O) groups excluding carboxylic acids is 2. The fourth-order valence-electron chi connectivity index (χ4n) is 1.04. The Bertz CT molecular complexity index is 425. The summed E-state index contributed by atoms with van der Waals surface area (Å²) in [7, 11) is 0. The van der Waals surface area contributed by atoms with E-state index in [2.05, 4.69) is 5.32 Å². The Morgan fingerprint density at radius 2 is 2.00 bits per heavy atom. The molecule has 1 atom stereocenters. The van der Waals surface area contributed by atoms with Crippen molar-refractivity contribution >= 4 is 35.2 Å². The Labute approximate surface area is 114 Å². The molecular formula is C11H13ClN2O3S. The number of thioether (sulfide) groups is 1. The van der Waals surface area contributed by atoms with Gasteiger partial charge in [-0.3, -0.25) is 9.59 Å². The van der Waals surface area contributed by atoms with Crippen LogP contribution in [0, 0.1) is 0 Å². The van der Waals surface area contributed by atoms with Gasteiger partial charge in [-0.15, -0.1) is 11.8 Å². The van der Waals surface area contributed by atoms with Crippen LogP contribution >= 0.6 is 23.4 Å². The summed E-state index contributed by atoms with van der Waals surface area (Å²) in [6, 6.07) is 7.08. The van der Waals surface area contributed by atoms with Crippen LogP contribution in [-0.4, -0.2) is 35.3 Å². The molecule has 0 aromatic heterocycles. The number of hydrogen-bond acceptors (Lipinski definition) is 4. The Kier molecular flexibility index (Phi) is 5.97. The predicted molar refractivity (Wildman–Crippen MR) is 70.4 cm³/mol. The molecule has 98 valence electrons. The molecule has 0 bridgehead atoms.